The molecule has 1 atom stereocenters. The molecule has 0 saturated carbocycles. The number of rotatable bonds is 6. The van der Waals surface area contributed by atoms with Gasteiger partial charge in [0.25, 0.3) is 0 Å². The highest BCUT2D eigenvalue weighted by molar-refractivity contribution is 7.99. The minimum Gasteiger partial charge on any atom is -0.369 e. The number of carbonyl (C=O) groups is 1. The van der Waals surface area contributed by atoms with Gasteiger partial charge < -0.3 is 9.80 Å². The Labute approximate surface area is 156 Å². The Hall–Kier alpha value is -1.20. The van der Waals surface area contributed by atoms with Crippen LogP contribution in [0.25, 0.3) is 0 Å². The first-order valence-corrected chi connectivity index (χ1v) is 10.8. The van der Waals surface area contributed by atoms with E-state index in [0.717, 1.165) is 57.9 Å². The maximum atomic E-state index is 12.4. The molecule has 25 heavy (non-hydrogen) atoms. The van der Waals surface area contributed by atoms with E-state index in [9.17, 15) is 4.79 Å². The number of para-hydroxylation sites is 1. The molecule has 1 aromatic rings. The van der Waals surface area contributed by atoms with Crippen LogP contribution in [0, 0.1) is 0 Å². The molecule has 0 spiro atoms. The Bertz CT molecular complexity index is 531. The van der Waals surface area contributed by atoms with Crippen molar-refractivity contribution < 1.29 is 4.79 Å². The van der Waals surface area contributed by atoms with Gasteiger partial charge in [-0.25, -0.2) is 0 Å². The molecule has 2 heterocycles. The van der Waals surface area contributed by atoms with E-state index in [1.165, 1.54) is 12.1 Å². The van der Waals surface area contributed by atoms with Crippen LogP contribution >= 0.6 is 11.8 Å². The fourth-order valence-corrected chi connectivity index (χ4v) is 4.65. The maximum Gasteiger partial charge on any atom is 0.232 e. The Kier molecular flexibility index (Phi) is 7.05. The van der Waals surface area contributed by atoms with E-state index in [1.807, 2.05) is 0 Å². The summed E-state index contributed by atoms with van der Waals surface area (Å²) in [5.41, 5.74) is 1.33. The number of hydrogen-bond donors (Lipinski definition) is 0. The summed E-state index contributed by atoms with van der Waals surface area (Å²) in [7, 11) is 0. The molecule has 2 saturated heterocycles. The van der Waals surface area contributed by atoms with Crippen LogP contribution in [0.1, 0.15) is 26.2 Å². The van der Waals surface area contributed by atoms with Crippen molar-refractivity contribution in [3.8, 4) is 0 Å². The van der Waals surface area contributed by atoms with Crippen molar-refractivity contribution in [2.24, 2.45) is 0 Å². The molecule has 2 fully saturated rings. The predicted octanol–water partition coefficient (Wildman–Crippen LogP) is 2.94. The summed E-state index contributed by atoms with van der Waals surface area (Å²) in [6, 6.07) is 11.2. The molecule has 2 aliphatic heterocycles. The van der Waals surface area contributed by atoms with Crippen LogP contribution in [-0.2, 0) is 4.79 Å². The number of amides is 1. The lowest BCUT2D eigenvalue weighted by molar-refractivity contribution is -0.130. The average Bonchev–Trinajstić information content (AvgIpc) is 2.69. The van der Waals surface area contributed by atoms with Gasteiger partial charge in [-0.1, -0.05) is 25.1 Å². The number of thioether (sulfide) groups is 1. The highest BCUT2D eigenvalue weighted by Crippen LogP contribution is 2.21. The van der Waals surface area contributed by atoms with Crippen molar-refractivity contribution in [2.75, 3.05) is 55.7 Å². The van der Waals surface area contributed by atoms with Gasteiger partial charge in [-0.3, -0.25) is 9.69 Å². The Morgan fingerprint density at radius 1 is 1.12 bits per heavy atom. The number of piperidine rings is 1. The van der Waals surface area contributed by atoms with E-state index in [4.69, 9.17) is 0 Å². The highest BCUT2D eigenvalue weighted by Gasteiger charge is 2.29. The Balaban J connectivity index is 1.47. The number of hydrogen-bond acceptors (Lipinski definition) is 4. The van der Waals surface area contributed by atoms with Crippen molar-refractivity contribution in [1.82, 2.24) is 9.80 Å². The van der Waals surface area contributed by atoms with Crippen molar-refractivity contribution in [3.05, 3.63) is 30.3 Å². The summed E-state index contributed by atoms with van der Waals surface area (Å²) in [5.74, 6) is 2.08. The zero-order valence-electron chi connectivity index (χ0n) is 15.4. The van der Waals surface area contributed by atoms with Crippen LogP contribution in [-0.4, -0.2) is 72.5 Å². The molecule has 0 aliphatic carbocycles. The van der Waals surface area contributed by atoms with Gasteiger partial charge in [0.05, 0.1) is 5.75 Å². The molecular weight excluding hydrogens is 330 g/mol. The van der Waals surface area contributed by atoms with E-state index in [0.29, 0.717) is 17.7 Å². The van der Waals surface area contributed by atoms with Crippen molar-refractivity contribution >= 4 is 23.4 Å². The quantitative estimate of drug-likeness (QED) is 0.728. The number of benzene rings is 1. The first kappa shape index (κ1) is 18.6. The lowest BCUT2D eigenvalue weighted by atomic mass is 10.0. The fourth-order valence-electron chi connectivity index (χ4n) is 3.86. The molecule has 0 radical (unpaired) electrons. The third kappa shape index (κ3) is 5.14. The monoisotopic (exact) mass is 361 g/mol. The van der Waals surface area contributed by atoms with Gasteiger partial charge in [-0.2, -0.15) is 11.8 Å². The van der Waals surface area contributed by atoms with Gasteiger partial charge in [0.2, 0.25) is 5.91 Å². The van der Waals surface area contributed by atoms with Gasteiger partial charge >= 0.3 is 0 Å². The van der Waals surface area contributed by atoms with Crippen LogP contribution < -0.4 is 4.90 Å². The summed E-state index contributed by atoms with van der Waals surface area (Å²) < 4.78 is 0. The molecular formula is C20H31N3OS. The molecule has 2 aliphatic rings. The number of anilines is 1. The van der Waals surface area contributed by atoms with Gasteiger partial charge in [0.15, 0.2) is 0 Å². The largest absolute Gasteiger partial charge is 0.369 e. The first-order chi connectivity index (χ1) is 12.3. The Morgan fingerprint density at radius 2 is 1.88 bits per heavy atom. The minimum atomic E-state index is 0.339. The molecule has 138 valence electrons. The third-order valence-electron chi connectivity index (χ3n) is 5.28. The van der Waals surface area contributed by atoms with Gasteiger partial charge in [-0.15, -0.1) is 0 Å². The van der Waals surface area contributed by atoms with Crippen LogP contribution in [0.3, 0.4) is 0 Å². The van der Waals surface area contributed by atoms with Gasteiger partial charge in [-0.05, 0) is 37.1 Å². The average molecular weight is 362 g/mol. The van der Waals surface area contributed by atoms with Crippen molar-refractivity contribution in [3.63, 3.8) is 0 Å². The van der Waals surface area contributed by atoms with Crippen LogP contribution in [0.4, 0.5) is 5.69 Å². The number of likely N-dealkylation sites (tertiary alicyclic amines) is 1. The Morgan fingerprint density at radius 3 is 2.60 bits per heavy atom. The van der Waals surface area contributed by atoms with E-state index in [1.54, 1.807) is 11.8 Å². The number of piperazine rings is 1. The predicted molar refractivity (Wildman–Crippen MR) is 107 cm³/mol. The smallest absolute Gasteiger partial charge is 0.232 e. The molecule has 0 aromatic heterocycles. The highest BCUT2D eigenvalue weighted by atomic mass is 32.2. The lowest BCUT2D eigenvalue weighted by Gasteiger charge is -2.44. The molecule has 1 aromatic carbocycles. The second-order valence-corrected chi connectivity index (χ2v) is 8.15. The van der Waals surface area contributed by atoms with Gasteiger partial charge in [0.1, 0.15) is 0 Å². The molecule has 0 unspecified atom stereocenters. The summed E-state index contributed by atoms with van der Waals surface area (Å²) in [6.45, 7) is 8.42. The standard InChI is InChI=1S/C20H31N3OS/c1-2-15-25-17-20(24)23-10-6-9-19(16-23)22-13-11-21(12-14-22)18-7-4-3-5-8-18/h3-5,7-8,19H,2,6,9-17H2,1H3/t19-/m0/s1. The number of carbonyl (C=O) groups excluding carboxylic acids is 1. The molecule has 0 bridgehead atoms. The van der Waals surface area contributed by atoms with Crippen molar-refractivity contribution in [1.29, 1.82) is 0 Å². The second kappa shape index (κ2) is 9.48. The molecule has 3 rings (SSSR count). The first-order valence-electron chi connectivity index (χ1n) is 9.67. The summed E-state index contributed by atoms with van der Waals surface area (Å²) in [6.07, 6.45) is 3.53. The third-order valence-corrected chi connectivity index (χ3v) is 6.42. The fraction of sp³-hybridized carbons (Fsp3) is 0.650. The summed E-state index contributed by atoms with van der Waals surface area (Å²) in [5, 5.41) is 0. The van der Waals surface area contributed by atoms with Crippen LogP contribution in [0.5, 0.6) is 0 Å². The van der Waals surface area contributed by atoms with Crippen LogP contribution in [0.2, 0.25) is 0 Å². The molecule has 0 N–H and O–H groups in total. The van der Waals surface area contributed by atoms with E-state index >= 15 is 0 Å². The summed E-state index contributed by atoms with van der Waals surface area (Å²) in [4.78, 5) is 19.6. The molecule has 4 nitrogen and oxygen atoms in total. The molecule has 5 heteroatoms. The van der Waals surface area contributed by atoms with E-state index in [-0.39, 0.29) is 0 Å². The maximum absolute atomic E-state index is 12.4. The lowest BCUT2D eigenvalue weighted by Crippen LogP contribution is -2.56. The topological polar surface area (TPSA) is 26.8 Å². The normalized spacial score (nSPS) is 22.2. The van der Waals surface area contributed by atoms with Crippen molar-refractivity contribution in [2.45, 2.75) is 32.2 Å². The second-order valence-electron chi connectivity index (χ2n) is 7.05. The molecule has 1 amide bonds. The number of nitrogens with zero attached hydrogens (tertiary/aromatic N) is 3. The minimum absolute atomic E-state index is 0.339. The summed E-state index contributed by atoms with van der Waals surface area (Å²) >= 11 is 1.78. The zero-order chi connectivity index (χ0) is 17.5. The van der Waals surface area contributed by atoms with E-state index < -0.39 is 0 Å². The van der Waals surface area contributed by atoms with Crippen LogP contribution in [0.15, 0.2) is 30.3 Å². The SMILES string of the molecule is CCCSCC(=O)N1CCC[C@H](N2CCN(c3ccccc3)CC2)C1. The van der Waals surface area contributed by atoms with Gasteiger partial charge in [0, 0.05) is 51.0 Å². The zero-order valence-corrected chi connectivity index (χ0v) is 16.2. The van der Waals surface area contributed by atoms with E-state index in [2.05, 4.69) is 52.0 Å².